The second-order valence-corrected chi connectivity index (χ2v) is 3.85. The van der Waals surface area contributed by atoms with E-state index in [0.717, 1.165) is 11.9 Å². The quantitative estimate of drug-likeness (QED) is 0.392. The first-order chi connectivity index (χ1) is 5.33. The van der Waals surface area contributed by atoms with Crippen molar-refractivity contribution in [2.24, 2.45) is 5.41 Å². The molecule has 1 fully saturated rings. The zero-order valence-corrected chi connectivity index (χ0v) is 8.40. The number of ether oxygens (including phenoxy) is 1. The zero-order valence-electron chi connectivity index (χ0n) is 6.81. The van der Waals surface area contributed by atoms with Crippen LogP contribution < -0.4 is 0 Å². The molecule has 0 unspecified atom stereocenters. The summed E-state index contributed by atoms with van der Waals surface area (Å²) in [7, 11) is 0. The molecular formula is C9H15BrO. The summed E-state index contributed by atoms with van der Waals surface area (Å²) in [6.45, 7) is 5.20. The molecule has 1 saturated carbocycles. The van der Waals surface area contributed by atoms with E-state index in [9.17, 15) is 0 Å². The standard InChI is InChI=1S/C9H15BrO/c1-2-6-11-8-9(7-10)4-3-5-9/h2H,1,3-8H2. The van der Waals surface area contributed by atoms with Crippen LogP contribution in [0.1, 0.15) is 19.3 Å². The van der Waals surface area contributed by atoms with Crippen LogP contribution in [0.25, 0.3) is 0 Å². The fourth-order valence-corrected chi connectivity index (χ4v) is 2.07. The lowest BCUT2D eigenvalue weighted by Crippen LogP contribution is -2.36. The lowest BCUT2D eigenvalue weighted by Gasteiger charge is -2.39. The summed E-state index contributed by atoms with van der Waals surface area (Å²) in [5.74, 6) is 0. The maximum atomic E-state index is 5.43. The molecule has 0 aromatic rings. The predicted octanol–water partition coefficient (Wildman–Crippen LogP) is 2.75. The second kappa shape index (κ2) is 4.27. The van der Waals surface area contributed by atoms with Gasteiger partial charge in [-0.15, -0.1) is 6.58 Å². The molecular weight excluding hydrogens is 204 g/mol. The summed E-state index contributed by atoms with van der Waals surface area (Å²) in [5.41, 5.74) is 0.461. The highest BCUT2D eigenvalue weighted by Gasteiger charge is 2.35. The summed E-state index contributed by atoms with van der Waals surface area (Å²) in [4.78, 5) is 0. The van der Waals surface area contributed by atoms with Gasteiger partial charge in [0.25, 0.3) is 0 Å². The van der Waals surface area contributed by atoms with Gasteiger partial charge in [-0.3, -0.25) is 0 Å². The van der Waals surface area contributed by atoms with Gasteiger partial charge in [0.15, 0.2) is 0 Å². The first-order valence-electron chi connectivity index (χ1n) is 4.08. The van der Waals surface area contributed by atoms with Crippen molar-refractivity contribution in [1.82, 2.24) is 0 Å². The topological polar surface area (TPSA) is 9.23 Å². The van der Waals surface area contributed by atoms with Crippen molar-refractivity contribution in [1.29, 1.82) is 0 Å². The molecule has 0 bridgehead atoms. The first kappa shape index (κ1) is 9.27. The van der Waals surface area contributed by atoms with Crippen LogP contribution in [0, 0.1) is 5.41 Å². The van der Waals surface area contributed by atoms with Crippen LogP contribution in [0.3, 0.4) is 0 Å². The van der Waals surface area contributed by atoms with Crippen LogP contribution in [-0.4, -0.2) is 18.5 Å². The number of halogens is 1. The third-order valence-corrected chi connectivity index (χ3v) is 3.53. The van der Waals surface area contributed by atoms with E-state index >= 15 is 0 Å². The van der Waals surface area contributed by atoms with E-state index in [0.29, 0.717) is 12.0 Å². The molecule has 0 N–H and O–H groups in total. The fraction of sp³-hybridized carbons (Fsp3) is 0.778. The SMILES string of the molecule is C=CCOCC1(CBr)CCC1. The maximum Gasteiger partial charge on any atom is 0.0645 e. The Morgan fingerprint density at radius 1 is 1.55 bits per heavy atom. The number of alkyl halides is 1. The van der Waals surface area contributed by atoms with Gasteiger partial charge < -0.3 is 4.74 Å². The fourth-order valence-electron chi connectivity index (χ4n) is 1.35. The monoisotopic (exact) mass is 218 g/mol. The van der Waals surface area contributed by atoms with Crippen LogP contribution in [0.15, 0.2) is 12.7 Å². The third-order valence-electron chi connectivity index (χ3n) is 2.34. The molecule has 0 amide bonds. The summed E-state index contributed by atoms with van der Waals surface area (Å²) in [6, 6.07) is 0. The van der Waals surface area contributed by atoms with Gasteiger partial charge in [-0.1, -0.05) is 28.4 Å². The van der Waals surface area contributed by atoms with Gasteiger partial charge in [-0.25, -0.2) is 0 Å². The largest absolute Gasteiger partial charge is 0.377 e. The Hall–Kier alpha value is 0.180. The van der Waals surface area contributed by atoms with E-state index in [1.54, 1.807) is 6.08 Å². The van der Waals surface area contributed by atoms with Crippen molar-refractivity contribution in [3.8, 4) is 0 Å². The minimum absolute atomic E-state index is 0.461. The summed E-state index contributed by atoms with van der Waals surface area (Å²) in [6.07, 6.45) is 5.80. The molecule has 0 saturated heterocycles. The summed E-state index contributed by atoms with van der Waals surface area (Å²) >= 11 is 3.53. The highest BCUT2D eigenvalue weighted by atomic mass is 79.9. The van der Waals surface area contributed by atoms with E-state index < -0.39 is 0 Å². The minimum atomic E-state index is 0.461. The maximum absolute atomic E-state index is 5.43. The molecule has 11 heavy (non-hydrogen) atoms. The number of rotatable bonds is 5. The zero-order chi connectivity index (χ0) is 8.16. The van der Waals surface area contributed by atoms with Gasteiger partial charge in [0.2, 0.25) is 0 Å². The van der Waals surface area contributed by atoms with Gasteiger partial charge in [0.1, 0.15) is 0 Å². The van der Waals surface area contributed by atoms with Crippen LogP contribution >= 0.6 is 15.9 Å². The Labute approximate surface area is 76.9 Å². The van der Waals surface area contributed by atoms with Crippen molar-refractivity contribution < 1.29 is 4.74 Å². The molecule has 1 aliphatic carbocycles. The molecule has 0 spiro atoms. The smallest absolute Gasteiger partial charge is 0.0645 e. The second-order valence-electron chi connectivity index (χ2n) is 3.29. The van der Waals surface area contributed by atoms with Crippen LogP contribution in [-0.2, 0) is 4.74 Å². The molecule has 0 aliphatic heterocycles. The highest BCUT2D eigenvalue weighted by molar-refractivity contribution is 9.09. The summed E-state index contributed by atoms with van der Waals surface area (Å²) in [5, 5.41) is 1.08. The van der Waals surface area contributed by atoms with Crippen molar-refractivity contribution in [3.63, 3.8) is 0 Å². The Bertz CT molecular complexity index is 124. The van der Waals surface area contributed by atoms with E-state index in [2.05, 4.69) is 22.5 Å². The Morgan fingerprint density at radius 2 is 2.27 bits per heavy atom. The molecule has 0 radical (unpaired) electrons. The average Bonchev–Trinajstić information content (AvgIpc) is 1.95. The molecule has 1 rings (SSSR count). The molecule has 0 aromatic heterocycles. The van der Waals surface area contributed by atoms with Gasteiger partial charge in [0.05, 0.1) is 13.2 Å². The predicted molar refractivity (Wildman–Crippen MR) is 51.1 cm³/mol. The summed E-state index contributed by atoms with van der Waals surface area (Å²) < 4.78 is 5.43. The van der Waals surface area contributed by atoms with E-state index in [1.165, 1.54) is 19.3 Å². The van der Waals surface area contributed by atoms with E-state index in [-0.39, 0.29) is 0 Å². The number of hydrogen-bond donors (Lipinski definition) is 0. The van der Waals surface area contributed by atoms with Crippen molar-refractivity contribution >= 4 is 15.9 Å². The van der Waals surface area contributed by atoms with Gasteiger partial charge in [-0.05, 0) is 12.8 Å². The molecule has 0 atom stereocenters. The van der Waals surface area contributed by atoms with Crippen molar-refractivity contribution in [3.05, 3.63) is 12.7 Å². The van der Waals surface area contributed by atoms with Crippen LogP contribution in [0.2, 0.25) is 0 Å². The molecule has 64 valence electrons. The lowest BCUT2D eigenvalue weighted by molar-refractivity contribution is 0.0229. The molecule has 2 heteroatoms. The van der Waals surface area contributed by atoms with Crippen molar-refractivity contribution in [2.75, 3.05) is 18.5 Å². The third kappa shape index (κ3) is 2.31. The first-order valence-corrected chi connectivity index (χ1v) is 5.20. The van der Waals surface area contributed by atoms with Crippen molar-refractivity contribution in [2.45, 2.75) is 19.3 Å². The Kier molecular flexibility index (Phi) is 3.60. The number of hydrogen-bond acceptors (Lipinski definition) is 1. The van der Waals surface area contributed by atoms with E-state index in [4.69, 9.17) is 4.74 Å². The van der Waals surface area contributed by atoms with Gasteiger partial charge in [0, 0.05) is 10.7 Å². The Morgan fingerprint density at radius 3 is 2.64 bits per heavy atom. The molecule has 1 nitrogen and oxygen atoms in total. The Balaban J connectivity index is 2.16. The normalized spacial score (nSPS) is 20.8. The van der Waals surface area contributed by atoms with Gasteiger partial charge in [-0.2, -0.15) is 0 Å². The minimum Gasteiger partial charge on any atom is -0.377 e. The molecule has 0 heterocycles. The van der Waals surface area contributed by atoms with E-state index in [1.807, 2.05) is 0 Å². The average molecular weight is 219 g/mol. The highest BCUT2D eigenvalue weighted by Crippen LogP contribution is 2.42. The molecule has 0 aromatic carbocycles. The van der Waals surface area contributed by atoms with Crippen LogP contribution in [0.4, 0.5) is 0 Å². The van der Waals surface area contributed by atoms with Gasteiger partial charge >= 0.3 is 0 Å². The lowest BCUT2D eigenvalue weighted by atomic mass is 9.71. The van der Waals surface area contributed by atoms with Crippen LogP contribution in [0.5, 0.6) is 0 Å². The molecule has 1 aliphatic rings.